The Hall–Kier alpha value is -0.990. The lowest BCUT2D eigenvalue weighted by Gasteiger charge is -2.28. The van der Waals surface area contributed by atoms with Gasteiger partial charge in [-0.25, -0.2) is 0 Å². The number of fused-ring (bicyclic) bond motifs is 1. The van der Waals surface area contributed by atoms with E-state index < -0.39 is 0 Å². The molecule has 0 aromatic heterocycles. The molecule has 0 amide bonds. The average Bonchev–Trinajstić information content (AvgIpc) is 2.42. The Labute approximate surface area is 82.9 Å². The second kappa shape index (κ2) is 3.30. The summed E-state index contributed by atoms with van der Waals surface area (Å²) in [6.45, 7) is 1.58. The van der Waals surface area contributed by atoms with E-state index in [-0.39, 0.29) is 41.5 Å². The number of rotatable bonds is 1. The SMILES string of the molecule is CC(=O)C1CCC2C(=O)CC(=O)C2C1. The second-order valence-corrected chi connectivity index (χ2v) is 4.44. The molecule has 0 aliphatic heterocycles. The highest BCUT2D eigenvalue weighted by molar-refractivity contribution is 6.08. The van der Waals surface area contributed by atoms with Gasteiger partial charge in [0.15, 0.2) is 0 Å². The van der Waals surface area contributed by atoms with Crippen molar-refractivity contribution < 1.29 is 14.4 Å². The van der Waals surface area contributed by atoms with Gasteiger partial charge >= 0.3 is 0 Å². The standard InChI is InChI=1S/C11H14O3/c1-6(12)7-2-3-8-9(4-7)11(14)5-10(8)13/h7-9H,2-5H2,1H3. The molecule has 3 heteroatoms. The first kappa shape index (κ1) is 9.56. The number of hydrogen-bond donors (Lipinski definition) is 0. The van der Waals surface area contributed by atoms with Crippen molar-refractivity contribution in [2.75, 3.05) is 0 Å². The molecule has 0 saturated heterocycles. The van der Waals surface area contributed by atoms with Gasteiger partial charge in [-0.1, -0.05) is 0 Å². The highest BCUT2D eigenvalue weighted by atomic mass is 16.2. The van der Waals surface area contributed by atoms with E-state index in [0.717, 1.165) is 12.8 Å². The van der Waals surface area contributed by atoms with E-state index in [9.17, 15) is 14.4 Å². The van der Waals surface area contributed by atoms with Gasteiger partial charge in [-0.2, -0.15) is 0 Å². The molecule has 2 rings (SSSR count). The summed E-state index contributed by atoms with van der Waals surface area (Å²) in [7, 11) is 0. The van der Waals surface area contributed by atoms with Crippen LogP contribution in [0.25, 0.3) is 0 Å². The Morgan fingerprint density at radius 3 is 2.43 bits per heavy atom. The van der Waals surface area contributed by atoms with Crippen LogP contribution in [0.1, 0.15) is 32.6 Å². The zero-order valence-electron chi connectivity index (χ0n) is 8.29. The summed E-state index contributed by atoms with van der Waals surface area (Å²) in [5.41, 5.74) is 0. The van der Waals surface area contributed by atoms with E-state index in [1.54, 1.807) is 6.92 Å². The zero-order valence-corrected chi connectivity index (χ0v) is 8.29. The van der Waals surface area contributed by atoms with Gasteiger partial charge in [0.05, 0.1) is 6.42 Å². The van der Waals surface area contributed by atoms with Crippen LogP contribution in [0.5, 0.6) is 0 Å². The predicted molar refractivity (Wildman–Crippen MR) is 49.6 cm³/mol. The van der Waals surface area contributed by atoms with Gasteiger partial charge in [-0.3, -0.25) is 14.4 Å². The van der Waals surface area contributed by atoms with Crippen LogP contribution in [-0.2, 0) is 14.4 Å². The van der Waals surface area contributed by atoms with Gasteiger partial charge in [-0.05, 0) is 26.2 Å². The van der Waals surface area contributed by atoms with Crippen LogP contribution >= 0.6 is 0 Å². The van der Waals surface area contributed by atoms with Crippen molar-refractivity contribution in [3.05, 3.63) is 0 Å². The van der Waals surface area contributed by atoms with E-state index in [1.165, 1.54) is 0 Å². The van der Waals surface area contributed by atoms with Gasteiger partial charge in [0.1, 0.15) is 17.3 Å². The van der Waals surface area contributed by atoms with E-state index in [1.807, 2.05) is 0 Å². The molecular formula is C11H14O3. The van der Waals surface area contributed by atoms with Crippen molar-refractivity contribution in [2.24, 2.45) is 17.8 Å². The maximum absolute atomic E-state index is 11.5. The molecule has 0 aromatic rings. The number of carbonyl (C=O) groups is 3. The molecule has 2 aliphatic rings. The lowest BCUT2D eigenvalue weighted by atomic mass is 9.74. The fraction of sp³-hybridized carbons (Fsp3) is 0.727. The van der Waals surface area contributed by atoms with Crippen LogP contribution in [0.3, 0.4) is 0 Å². The molecule has 0 spiro atoms. The Morgan fingerprint density at radius 1 is 1.14 bits per heavy atom. The maximum atomic E-state index is 11.5. The van der Waals surface area contributed by atoms with Crippen LogP contribution in [0.4, 0.5) is 0 Å². The third-order valence-electron chi connectivity index (χ3n) is 3.60. The molecule has 76 valence electrons. The molecule has 2 saturated carbocycles. The first-order valence-corrected chi connectivity index (χ1v) is 5.15. The molecule has 3 nitrogen and oxygen atoms in total. The Balaban J connectivity index is 2.13. The van der Waals surface area contributed by atoms with Crippen LogP contribution in [0, 0.1) is 17.8 Å². The van der Waals surface area contributed by atoms with Gasteiger partial charge in [0, 0.05) is 17.8 Å². The van der Waals surface area contributed by atoms with E-state index in [4.69, 9.17) is 0 Å². The largest absolute Gasteiger partial charge is 0.300 e. The highest BCUT2D eigenvalue weighted by Gasteiger charge is 2.45. The van der Waals surface area contributed by atoms with E-state index in [2.05, 4.69) is 0 Å². The minimum absolute atomic E-state index is 0.0195. The topological polar surface area (TPSA) is 51.2 Å². The van der Waals surface area contributed by atoms with Gasteiger partial charge in [0.2, 0.25) is 0 Å². The number of ketones is 3. The van der Waals surface area contributed by atoms with Gasteiger partial charge < -0.3 is 0 Å². The number of carbonyl (C=O) groups excluding carboxylic acids is 3. The summed E-state index contributed by atoms with van der Waals surface area (Å²) in [5, 5.41) is 0. The van der Waals surface area contributed by atoms with Gasteiger partial charge in [-0.15, -0.1) is 0 Å². The van der Waals surface area contributed by atoms with E-state index >= 15 is 0 Å². The summed E-state index contributed by atoms with van der Waals surface area (Å²) in [5.74, 6) is 0.151. The molecule has 2 fully saturated rings. The van der Waals surface area contributed by atoms with Crippen LogP contribution < -0.4 is 0 Å². The third-order valence-corrected chi connectivity index (χ3v) is 3.60. The molecule has 0 N–H and O–H groups in total. The Bertz CT molecular complexity index is 306. The van der Waals surface area contributed by atoms with Crippen LogP contribution in [0.2, 0.25) is 0 Å². The molecule has 14 heavy (non-hydrogen) atoms. The number of Topliss-reactive ketones (excluding diaryl/α,β-unsaturated/α-hetero) is 3. The molecule has 0 heterocycles. The fourth-order valence-corrected chi connectivity index (χ4v) is 2.71. The lowest BCUT2D eigenvalue weighted by Crippen LogP contribution is -2.29. The Morgan fingerprint density at radius 2 is 1.79 bits per heavy atom. The van der Waals surface area contributed by atoms with Crippen molar-refractivity contribution in [2.45, 2.75) is 32.6 Å². The van der Waals surface area contributed by atoms with Crippen molar-refractivity contribution in [1.29, 1.82) is 0 Å². The molecular weight excluding hydrogens is 180 g/mol. The molecule has 0 radical (unpaired) electrons. The molecule has 3 atom stereocenters. The summed E-state index contributed by atoms with van der Waals surface area (Å²) in [6, 6.07) is 0. The lowest BCUT2D eigenvalue weighted by molar-refractivity contribution is -0.127. The summed E-state index contributed by atoms with van der Waals surface area (Å²) < 4.78 is 0. The summed E-state index contributed by atoms with van der Waals surface area (Å²) >= 11 is 0. The molecule has 3 unspecified atom stereocenters. The van der Waals surface area contributed by atoms with Crippen molar-refractivity contribution in [3.8, 4) is 0 Å². The molecule has 0 bridgehead atoms. The Kier molecular flexibility index (Phi) is 2.25. The van der Waals surface area contributed by atoms with Crippen molar-refractivity contribution >= 4 is 17.3 Å². The smallest absolute Gasteiger partial charge is 0.144 e. The first-order chi connectivity index (χ1) is 6.59. The van der Waals surface area contributed by atoms with Crippen LogP contribution in [-0.4, -0.2) is 17.3 Å². The zero-order chi connectivity index (χ0) is 10.3. The maximum Gasteiger partial charge on any atom is 0.144 e. The van der Waals surface area contributed by atoms with Gasteiger partial charge in [0.25, 0.3) is 0 Å². The average molecular weight is 194 g/mol. The highest BCUT2D eigenvalue weighted by Crippen LogP contribution is 2.40. The predicted octanol–water partition coefficient (Wildman–Crippen LogP) is 1.15. The minimum atomic E-state index is -0.134. The quantitative estimate of drug-likeness (QED) is 0.588. The minimum Gasteiger partial charge on any atom is -0.300 e. The monoisotopic (exact) mass is 194 g/mol. The summed E-state index contributed by atoms with van der Waals surface area (Å²) in [6.07, 6.45) is 2.25. The van der Waals surface area contributed by atoms with Crippen LogP contribution in [0.15, 0.2) is 0 Å². The second-order valence-electron chi connectivity index (χ2n) is 4.44. The molecule has 0 aromatic carbocycles. The number of hydrogen-bond acceptors (Lipinski definition) is 3. The first-order valence-electron chi connectivity index (χ1n) is 5.15. The van der Waals surface area contributed by atoms with E-state index in [0.29, 0.717) is 6.42 Å². The third kappa shape index (κ3) is 1.41. The normalized spacial score (nSPS) is 37.1. The van der Waals surface area contributed by atoms with Crippen molar-refractivity contribution in [1.82, 2.24) is 0 Å². The van der Waals surface area contributed by atoms with Crippen molar-refractivity contribution in [3.63, 3.8) is 0 Å². The summed E-state index contributed by atoms with van der Waals surface area (Å²) in [4.78, 5) is 34.0. The molecule has 2 aliphatic carbocycles. The fourth-order valence-electron chi connectivity index (χ4n) is 2.71.